The van der Waals surface area contributed by atoms with Crippen molar-refractivity contribution in [3.63, 3.8) is 0 Å². The summed E-state index contributed by atoms with van der Waals surface area (Å²) in [6, 6.07) is 13.6. The van der Waals surface area contributed by atoms with Gasteiger partial charge in [-0.15, -0.1) is 0 Å². The summed E-state index contributed by atoms with van der Waals surface area (Å²) >= 11 is 0. The van der Waals surface area contributed by atoms with E-state index in [0.29, 0.717) is 18.0 Å². The van der Waals surface area contributed by atoms with Gasteiger partial charge in [-0.25, -0.2) is 0 Å². The van der Waals surface area contributed by atoms with Crippen molar-refractivity contribution in [2.75, 3.05) is 6.54 Å². The van der Waals surface area contributed by atoms with Crippen molar-refractivity contribution in [1.29, 1.82) is 0 Å². The fourth-order valence-electron chi connectivity index (χ4n) is 2.88. The SMILES string of the molecule is Cc1cc(C)n(C[C@H](C)CNC(=O)c2ccc(-n3cccc3)cc2)n1. The quantitative estimate of drug-likeness (QED) is 0.750. The summed E-state index contributed by atoms with van der Waals surface area (Å²) in [5, 5.41) is 7.48. The highest BCUT2D eigenvalue weighted by atomic mass is 16.1. The number of benzene rings is 1. The third-order valence-electron chi connectivity index (χ3n) is 4.23. The highest BCUT2D eigenvalue weighted by Gasteiger charge is 2.10. The van der Waals surface area contributed by atoms with Gasteiger partial charge >= 0.3 is 0 Å². The molecular weight excluding hydrogens is 312 g/mol. The molecule has 2 heterocycles. The molecule has 5 nitrogen and oxygen atoms in total. The monoisotopic (exact) mass is 336 g/mol. The van der Waals surface area contributed by atoms with Crippen LogP contribution in [0.2, 0.25) is 0 Å². The fraction of sp³-hybridized carbons (Fsp3) is 0.300. The van der Waals surface area contributed by atoms with E-state index in [-0.39, 0.29) is 5.91 Å². The number of nitrogens with one attached hydrogen (secondary N) is 1. The van der Waals surface area contributed by atoms with Crippen LogP contribution in [0.3, 0.4) is 0 Å². The summed E-state index contributed by atoms with van der Waals surface area (Å²) in [5.41, 5.74) is 3.89. The molecule has 1 amide bonds. The Morgan fingerprint density at radius 2 is 1.84 bits per heavy atom. The van der Waals surface area contributed by atoms with E-state index in [0.717, 1.165) is 23.6 Å². The van der Waals surface area contributed by atoms with Crippen molar-refractivity contribution in [3.8, 4) is 5.69 Å². The molecule has 3 aromatic rings. The molecule has 1 aromatic carbocycles. The molecule has 0 aliphatic heterocycles. The zero-order valence-corrected chi connectivity index (χ0v) is 14.9. The smallest absolute Gasteiger partial charge is 0.251 e. The largest absolute Gasteiger partial charge is 0.352 e. The maximum Gasteiger partial charge on any atom is 0.251 e. The van der Waals surface area contributed by atoms with Gasteiger partial charge < -0.3 is 9.88 Å². The van der Waals surface area contributed by atoms with Crippen LogP contribution in [0.5, 0.6) is 0 Å². The maximum absolute atomic E-state index is 12.3. The first-order chi connectivity index (χ1) is 12.0. The minimum absolute atomic E-state index is 0.0423. The second-order valence-electron chi connectivity index (χ2n) is 6.56. The zero-order chi connectivity index (χ0) is 17.8. The van der Waals surface area contributed by atoms with E-state index in [1.165, 1.54) is 0 Å². The van der Waals surface area contributed by atoms with Gasteiger partial charge in [0.1, 0.15) is 0 Å². The van der Waals surface area contributed by atoms with Gasteiger partial charge in [0.25, 0.3) is 5.91 Å². The highest BCUT2D eigenvalue weighted by molar-refractivity contribution is 5.94. The Labute approximate surface area is 148 Å². The lowest BCUT2D eigenvalue weighted by molar-refractivity contribution is 0.0946. The molecule has 1 N–H and O–H groups in total. The van der Waals surface area contributed by atoms with Crippen LogP contribution in [0.25, 0.3) is 5.69 Å². The molecular formula is C20H24N4O. The van der Waals surface area contributed by atoms with Gasteiger partial charge in [-0.3, -0.25) is 9.48 Å². The molecule has 5 heteroatoms. The van der Waals surface area contributed by atoms with E-state index in [2.05, 4.69) is 30.3 Å². The highest BCUT2D eigenvalue weighted by Crippen LogP contribution is 2.10. The minimum atomic E-state index is -0.0423. The molecule has 0 aliphatic carbocycles. The number of hydrogen-bond donors (Lipinski definition) is 1. The summed E-state index contributed by atoms with van der Waals surface area (Å²) in [5.74, 6) is 0.264. The number of aryl methyl sites for hydroxylation is 2. The Bertz CT molecular complexity index is 831. The van der Waals surface area contributed by atoms with Crippen LogP contribution in [-0.4, -0.2) is 26.8 Å². The molecule has 2 aromatic heterocycles. The van der Waals surface area contributed by atoms with Crippen molar-refractivity contribution in [1.82, 2.24) is 19.7 Å². The van der Waals surface area contributed by atoms with Crippen LogP contribution in [0, 0.1) is 19.8 Å². The molecule has 0 bridgehead atoms. The second-order valence-corrected chi connectivity index (χ2v) is 6.56. The lowest BCUT2D eigenvalue weighted by Gasteiger charge is -2.14. The molecule has 3 rings (SSSR count). The van der Waals surface area contributed by atoms with Crippen LogP contribution in [0.4, 0.5) is 0 Å². The average Bonchev–Trinajstić information content (AvgIpc) is 3.23. The molecule has 1 atom stereocenters. The Kier molecular flexibility index (Phi) is 5.03. The van der Waals surface area contributed by atoms with Gasteiger partial charge in [-0.2, -0.15) is 5.10 Å². The van der Waals surface area contributed by atoms with Crippen LogP contribution >= 0.6 is 0 Å². The summed E-state index contributed by atoms with van der Waals surface area (Å²) in [4.78, 5) is 12.3. The average molecular weight is 336 g/mol. The van der Waals surface area contributed by atoms with Crippen LogP contribution < -0.4 is 5.32 Å². The maximum atomic E-state index is 12.3. The summed E-state index contributed by atoms with van der Waals surface area (Å²) in [6.07, 6.45) is 3.96. The first-order valence-electron chi connectivity index (χ1n) is 8.55. The van der Waals surface area contributed by atoms with E-state index < -0.39 is 0 Å². The first kappa shape index (κ1) is 17.0. The van der Waals surface area contributed by atoms with Gasteiger partial charge in [-0.1, -0.05) is 6.92 Å². The Balaban J connectivity index is 1.54. The Morgan fingerprint density at radius 1 is 1.16 bits per heavy atom. The van der Waals surface area contributed by atoms with E-state index in [9.17, 15) is 4.79 Å². The second kappa shape index (κ2) is 7.38. The van der Waals surface area contributed by atoms with E-state index in [1.807, 2.05) is 65.0 Å². The van der Waals surface area contributed by atoms with Gasteiger partial charge in [0.2, 0.25) is 0 Å². The number of carbonyl (C=O) groups excluding carboxylic acids is 1. The molecule has 0 fully saturated rings. The standard InChI is InChI=1S/C20H24N4O/c1-15(14-24-17(3)12-16(2)22-24)13-21-20(25)18-6-8-19(9-7-18)23-10-4-5-11-23/h4-12,15H,13-14H2,1-3H3,(H,21,25)/t15-/m1/s1. The molecule has 25 heavy (non-hydrogen) atoms. The molecule has 0 saturated heterocycles. The molecule has 0 radical (unpaired) electrons. The van der Waals surface area contributed by atoms with Gasteiger partial charge in [0.15, 0.2) is 0 Å². The van der Waals surface area contributed by atoms with Crippen molar-refractivity contribution < 1.29 is 4.79 Å². The normalized spacial score (nSPS) is 12.1. The molecule has 0 spiro atoms. The predicted molar refractivity (Wildman–Crippen MR) is 99.0 cm³/mol. The van der Waals surface area contributed by atoms with Gasteiger partial charge in [0.05, 0.1) is 5.69 Å². The number of hydrogen-bond acceptors (Lipinski definition) is 2. The molecule has 0 saturated carbocycles. The number of nitrogens with zero attached hydrogens (tertiary/aromatic N) is 3. The zero-order valence-electron chi connectivity index (χ0n) is 14.9. The number of amides is 1. The lowest BCUT2D eigenvalue weighted by atomic mass is 10.1. The molecule has 0 unspecified atom stereocenters. The fourth-order valence-corrected chi connectivity index (χ4v) is 2.88. The van der Waals surface area contributed by atoms with E-state index >= 15 is 0 Å². The van der Waals surface area contributed by atoms with Crippen molar-refractivity contribution in [2.45, 2.75) is 27.3 Å². The minimum Gasteiger partial charge on any atom is -0.352 e. The van der Waals surface area contributed by atoms with Crippen LogP contribution in [0.15, 0.2) is 54.9 Å². The van der Waals surface area contributed by atoms with Gasteiger partial charge in [0, 0.05) is 42.4 Å². The lowest BCUT2D eigenvalue weighted by Crippen LogP contribution is -2.30. The summed E-state index contributed by atoms with van der Waals surface area (Å²) in [7, 11) is 0. The number of aromatic nitrogens is 3. The van der Waals surface area contributed by atoms with E-state index in [4.69, 9.17) is 0 Å². The molecule has 130 valence electrons. The summed E-state index contributed by atoms with van der Waals surface area (Å²) < 4.78 is 4.01. The van der Waals surface area contributed by atoms with Crippen molar-refractivity contribution >= 4 is 5.91 Å². The number of carbonyl (C=O) groups is 1. The van der Waals surface area contributed by atoms with Crippen molar-refractivity contribution in [2.24, 2.45) is 5.92 Å². The Morgan fingerprint density at radius 3 is 2.44 bits per heavy atom. The van der Waals surface area contributed by atoms with Crippen LogP contribution in [0.1, 0.15) is 28.7 Å². The van der Waals surface area contributed by atoms with E-state index in [1.54, 1.807) is 0 Å². The third-order valence-corrected chi connectivity index (χ3v) is 4.23. The van der Waals surface area contributed by atoms with Gasteiger partial charge in [-0.05, 0) is 62.2 Å². The molecule has 0 aliphatic rings. The predicted octanol–water partition coefficient (Wildman–Crippen LogP) is 3.36. The topological polar surface area (TPSA) is 51.9 Å². The first-order valence-corrected chi connectivity index (χ1v) is 8.55. The Hall–Kier alpha value is -2.82. The summed E-state index contributed by atoms with van der Waals surface area (Å²) in [6.45, 7) is 7.58. The third kappa shape index (κ3) is 4.18. The van der Waals surface area contributed by atoms with Crippen molar-refractivity contribution in [3.05, 3.63) is 71.8 Å². The number of rotatable bonds is 6. The van der Waals surface area contributed by atoms with Crippen LogP contribution in [-0.2, 0) is 6.54 Å².